The van der Waals surface area contributed by atoms with Crippen molar-refractivity contribution in [2.75, 3.05) is 13.1 Å². The van der Waals surface area contributed by atoms with Crippen molar-refractivity contribution in [3.05, 3.63) is 36.0 Å². The van der Waals surface area contributed by atoms with Crippen LogP contribution in [0.1, 0.15) is 32.3 Å². The maximum atomic E-state index is 12.9. The van der Waals surface area contributed by atoms with Crippen molar-refractivity contribution >= 4 is 22.7 Å². The van der Waals surface area contributed by atoms with Crippen LogP contribution in [0.3, 0.4) is 0 Å². The highest BCUT2D eigenvalue weighted by molar-refractivity contribution is 5.89. The van der Waals surface area contributed by atoms with Crippen LogP contribution in [0.2, 0.25) is 0 Å². The molecule has 2 aromatic rings. The molecule has 0 aliphatic carbocycles. The van der Waals surface area contributed by atoms with E-state index in [4.69, 9.17) is 0 Å². The molecular formula is C19H25N3O2. The summed E-state index contributed by atoms with van der Waals surface area (Å²) in [5.74, 6) is 0.530. The number of aromatic amines is 1. The van der Waals surface area contributed by atoms with Gasteiger partial charge >= 0.3 is 0 Å². The van der Waals surface area contributed by atoms with Gasteiger partial charge in [0, 0.05) is 43.5 Å². The molecule has 2 N–H and O–H groups in total. The van der Waals surface area contributed by atoms with Gasteiger partial charge in [0.1, 0.15) is 6.04 Å². The first-order valence-electron chi connectivity index (χ1n) is 8.65. The minimum atomic E-state index is -0.505. The lowest BCUT2D eigenvalue weighted by atomic mass is 9.97. The average molecular weight is 327 g/mol. The number of hydrogen-bond acceptors (Lipinski definition) is 2. The number of likely N-dealkylation sites (tertiary alicyclic amines) is 1. The molecule has 128 valence electrons. The van der Waals surface area contributed by atoms with E-state index >= 15 is 0 Å². The zero-order valence-corrected chi connectivity index (χ0v) is 14.3. The van der Waals surface area contributed by atoms with E-state index in [9.17, 15) is 9.59 Å². The Bertz CT molecular complexity index is 729. The Kier molecular flexibility index (Phi) is 4.88. The van der Waals surface area contributed by atoms with Crippen LogP contribution in [0.4, 0.5) is 0 Å². The lowest BCUT2D eigenvalue weighted by Gasteiger charge is -2.33. The number of carbonyl (C=O) groups excluding carboxylic acids is 2. The van der Waals surface area contributed by atoms with Crippen molar-refractivity contribution in [3.8, 4) is 0 Å². The molecule has 1 saturated heterocycles. The summed E-state index contributed by atoms with van der Waals surface area (Å²) in [5.41, 5.74) is 2.11. The van der Waals surface area contributed by atoms with E-state index in [2.05, 4.69) is 17.2 Å². The molecule has 0 spiro atoms. The van der Waals surface area contributed by atoms with Gasteiger partial charge in [0.15, 0.2) is 0 Å². The number of aromatic nitrogens is 1. The number of nitrogens with one attached hydrogen (secondary N) is 2. The zero-order chi connectivity index (χ0) is 17.1. The maximum Gasteiger partial charge on any atom is 0.245 e. The summed E-state index contributed by atoms with van der Waals surface area (Å²) in [6.07, 6.45) is 4.51. The van der Waals surface area contributed by atoms with Crippen molar-refractivity contribution < 1.29 is 9.59 Å². The summed E-state index contributed by atoms with van der Waals surface area (Å²) < 4.78 is 0. The van der Waals surface area contributed by atoms with Crippen LogP contribution >= 0.6 is 0 Å². The Hall–Kier alpha value is -2.30. The smallest absolute Gasteiger partial charge is 0.245 e. The fraction of sp³-hybridized carbons (Fsp3) is 0.474. The lowest BCUT2D eigenvalue weighted by molar-refractivity contribution is -0.137. The first-order valence-corrected chi connectivity index (χ1v) is 8.65. The fourth-order valence-corrected chi connectivity index (χ4v) is 3.42. The van der Waals surface area contributed by atoms with Crippen molar-refractivity contribution in [2.45, 2.75) is 39.2 Å². The zero-order valence-electron chi connectivity index (χ0n) is 14.3. The van der Waals surface area contributed by atoms with Gasteiger partial charge in [-0.2, -0.15) is 0 Å². The first-order chi connectivity index (χ1) is 11.5. The summed E-state index contributed by atoms with van der Waals surface area (Å²) >= 11 is 0. The standard InChI is InChI=1S/C19H25N3O2/c1-13-7-9-22(10-8-13)19(24)18(21-14(2)23)11-15-12-20-17-6-4-3-5-16(15)17/h3-6,12-13,18,20H,7-11H2,1-2H3,(H,21,23)/t18-/m0/s1. The first kappa shape index (κ1) is 16.6. The second kappa shape index (κ2) is 7.07. The molecule has 1 aliphatic heterocycles. The molecule has 2 amide bonds. The average Bonchev–Trinajstić information content (AvgIpc) is 2.97. The van der Waals surface area contributed by atoms with Crippen molar-refractivity contribution in [3.63, 3.8) is 0 Å². The third kappa shape index (κ3) is 3.61. The summed E-state index contributed by atoms with van der Waals surface area (Å²) in [7, 11) is 0. The number of carbonyl (C=O) groups is 2. The van der Waals surface area contributed by atoms with Gasteiger partial charge in [-0.1, -0.05) is 25.1 Å². The molecule has 5 heteroatoms. The number of piperidine rings is 1. The molecule has 2 heterocycles. The predicted molar refractivity (Wildman–Crippen MR) is 94.6 cm³/mol. The minimum absolute atomic E-state index is 0.0300. The highest BCUT2D eigenvalue weighted by atomic mass is 16.2. The van der Waals surface area contributed by atoms with Crippen molar-refractivity contribution in [2.24, 2.45) is 5.92 Å². The van der Waals surface area contributed by atoms with Crippen LogP contribution in [-0.2, 0) is 16.0 Å². The second-order valence-corrected chi connectivity index (χ2v) is 6.82. The predicted octanol–water partition coefficient (Wildman–Crippen LogP) is 2.47. The molecule has 1 aromatic carbocycles. The number of fused-ring (bicyclic) bond motifs is 1. The van der Waals surface area contributed by atoms with Gasteiger partial charge in [0.25, 0.3) is 0 Å². The van der Waals surface area contributed by atoms with Crippen LogP contribution in [0.5, 0.6) is 0 Å². The van der Waals surface area contributed by atoms with Gasteiger partial charge in [-0.05, 0) is 30.4 Å². The summed E-state index contributed by atoms with van der Waals surface area (Å²) in [5, 5.41) is 3.95. The molecule has 1 aromatic heterocycles. The number of rotatable bonds is 4. The van der Waals surface area contributed by atoms with E-state index in [-0.39, 0.29) is 11.8 Å². The van der Waals surface area contributed by atoms with Gasteiger partial charge < -0.3 is 15.2 Å². The number of amides is 2. The van der Waals surface area contributed by atoms with Crippen LogP contribution < -0.4 is 5.32 Å². The summed E-state index contributed by atoms with van der Waals surface area (Å²) in [6.45, 7) is 5.25. The number of H-pyrrole nitrogens is 1. The largest absolute Gasteiger partial charge is 0.361 e. The Morgan fingerprint density at radius 2 is 2.00 bits per heavy atom. The SMILES string of the molecule is CC(=O)N[C@@H](Cc1c[nH]c2ccccc12)C(=O)N1CCC(C)CC1. The molecule has 24 heavy (non-hydrogen) atoms. The Morgan fingerprint density at radius 3 is 2.71 bits per heavy atom. The van der Waals surface area contributed by atoms with Gasteiger partial charge in [-0.3, -0.25) is 9.59 Å². The van der Waals surface area contributed by atoms with Crippen LogP contribution in [0, 0.1) is 5.92 Å². The fourth-order valence-electron chi connectivity index (χ4n) is 3.42. The van der Waals surface area contributed by atoms with Crippen LogP contribution in [0.15, 0.2) is 30.5 Å². The maximum absolute atomic E-state index is 12.9. The number of hydrogen-bond donors (Lipinski definition) is 2. The highest BCUT2D eigenvalue weighted by Crippen LogP contribution is 2.21. The van der Waals surface area contributed by atoms with Gasteiger partial charge in [-0.25, -0.2) is 0 Å². The molecule has 1 aliphatic rings. The minimum Gasteiger partial charge on any atom is -0.361 e. The molecular weight excluding hydrogens is 302 g/mol. The molecule has 5 nitrogen and oxygen atoms in total. The van der Waals surface area contributed by atoms with E-state index in [1.807, 2.05) is 35.4 Å². The Balaban J connectivity index is 1.78. The van der Waals surface area contributed by atoms with E-state index < -0.39 is 6.04 Å². The molecule has 0 saturated carbocycles. The molecule has 0 radical (unpaired) electrons. The molecule has 1 atom stereocenters. The molecule has 1 fully saturated rings. The monoisotopic (exact) mass is 327 g/mol. The number of benzene rings is 1. The Morgan fingerprint density at radius 1 is 1.29 bits per heavy atom. The van der Waals surface area contributed by atoms with Crippen molar-refractivity contribution in [1.82, 2.24) is 15.2 Å². The van der Waals surface area contributed by atoms with Gasteiger partial charge in [0.2, 0.25) is 11.8 Å². The molecule has 0 bridgehead atoms. The Labute approximate surface area is 142 Å². The number of para-hydroxylation sites is 1. The summed E-state index contributed by atoms with van der Waals surface area (Å²) in [6, 6.07) is 7.52. The highest BCUT2D eigenvalue weighted by Gasteiger charge is 2.28. The number of nitrogens with zero attached hydrogens (tertiary/aromatic N) is 1. The quantitative estimate of drug-likeness (QED) is 0.906. The van der Waals surface area contributed by atoms with Gasteiger partial charge in [-0.15, -0.1) is 0 Å². The molecule has 0 unspecified atom stereocenters. The van der Waals surface area contributed by atoms with E-state index in [1.165, 1.54) is 6.92 Å². The summed E-state index contributed by atoms with van der Waals surface area (Å²) in [4.78, 5) is 29.6. The molecule has 3 rings (SSSR count). The topological polar surface area (TPSA) is 65.2 Å². The third-order valence-electron chi connectivity index (χ3n) is 4.87. The lowest BCUT2D eigenvalue weighted by Crippen LogP contribution is -2.51. The normalized spacial score (nSPS) is 17.0. The van der Waals surface area contributed by atoms with Crippen molar-refractivity contribution in [1.29, 1.82) is 0 Å². The van der Waals surface area contributed by atoms with Crippen LogP contribution in [0.25, 0.3) is 10.9 Å². The van der Waals surface area contributed by atoms with E-state index in [0.717, 1.165) is 42.4 Å². The van der Waals surface area contributed by atoms with E-state index in [1.54, 1.807) is 0 Å². The van der Waals surface area contributed by atoms with Crippen LogP contribution in [-0.4, -0.2) is 40.8 Å². The van der Waals surface area contributed by atoms with E-state index in [0.29, 0.717) is 12.3 Å². The third-order valence-corrected chi connectivity index (χ3v) is 4.87. The second-order valence-electron chi connectivity index (χ2n) is 6.82. The van der Waals surface area contributed by atoms with Gasteiger partial charge in [0.05, 0.1) is 0 Å².